The first-order valence-electron chi connectivity index (χ1n) is 11.4. The van der Waals surface area contributed by atoms with Crippen LogP contribution in [0, 0.1) is 0 Å². The van der Waals surface area contributed by atoms with Gasteiger partial charge in [0.1, 0.15) is 11.5 Å². The third kappa shape index (κ3) is 5.69. The van der Waals surface area contributed by atoms with E-state index < -0.39 is 5.97 Å². The molecule has 2 heterocycles. The Morgan fingerprint density at radius 1 is 0.973 bits per heavy atom. The summed E-state index contributed by atoms with van der Waals surface area (Å²) >= 11 is 7.59. The zero-order chi connectivity index (χ0) is 25.8. The normalized spacial score (nSPS) is 15.6. The monoisotopic (exact) mass is 528 g/mol. The molecule has 0 unspecified atom stereocenters. The molecular formula is C29H21ClN2O4S. The Bertz CT molecular complexity index is 1510. The highest BCUT2D eigenvalue weighted by Gasteiger charge is 2.33. The molecular weight excluding hydrogens is 508 g/mol. The van der Waals surface area contributed by atoms with Crippen LogP contribution in [0.15, 0.2) is 105 Å². The second kappa shape index (κ2) is 10.9. The van der Waals surface area contributed by atoms with E-state index in [1.54, 1.807) is 23.1 Å². The topological polar surface area (TPSA) is 83.1 Å². The lowest BCUT2D eigenvalue weighted by atomic mass is 10.1. The van der Waals surface area contributed by atoms with Gasteiger partial charge in [0.25, 0.3) is 5.91 Å². The predicted octanol–water partition coefficient (Wildman–Crippen LogP) is 6.97. The van der Waals surface area contributed by atoms with E-state index in [0.717, 1.165) is 11.1 Å². The molecule has 4 aromatic rings. The number of hydrogen-bond donors (Lipinski definition) is 1. The van der Waals surface area contributed by atoms with Gasteiger partial charge in [-0.2, -0.15) is 0 Å². The van der Waals surface area contributed by atoms with Crippen LogP contribution in [0.1, 0.15) is 27.2 Å². The molecule has 1 fully saturated rings. The van der Waals surface area contributed by atoms with Gasteiger partial charge < -0.3 is 9.52 Å². The zero-order valence-electron chi connectivity index (χ0n) is 19.5. The Labute approximate surface area is 222 Å². The highest BCUT2D eigenvalue weighted by atomic mass is 35.5. The van der Waals surface area contributed by atoms with Crippen molar-refractivity contribution in [1.82, 2.24) is 4.90 Å². The van der Waals surface area contributed by atoms with Crippen LogP contribution in [0.2, 0.25) is 5.02 Å². The molecule has 1 aliphatic heterocycles. The van der Waals surface area contributed by atoms with Gasteiger partial charge in [-0.15, -0.1) is 0 Å². The van der Waals surface area contributed by atoms with Crippen molar-refractivity contribution in [2.75, 3.05) is 0 Å². The Morgan fingerprint density at radius 3 is 2.38 bits per heavy atom. The Morgan fingerprint density at radius 2 is 1.68 bits per heavy atom. The third-order valence-electron chi connectivity index (χ3n) is 5.69. The lowest BCUT2D eigenvalue weighted by Gasteiger charge is -2.15. The van der Waals surface area contributed by atoms with Crippen molar-refractivity contribution in [3.8, 4) is 11.3 Å². The summed E-state index contributed by atoms with van der Waals surface area (Å²) in [6.45, 7) is 0.858. The minimum absolute atomic E-state index is 0.105. The molecule has 0 bridgehead atoms. The number of carboxylic acids is 1. The van der Waals surface area contributed by atoms with Crippen LogP contribution in [-0.2, 0) is 17.9 Å². The van der Waals surface area contributed by atoms with Gasteiger partial charge in [-0.1, -0.05) is 72.3 Å². The quantitative estimate of drug-likeness (QED) is 0.262. The number of benzene rings is 3. The van der Waals surface area contributed by atoms with Crippen molar-refractivity contribution in [2.45, 2.75) is 13.1 Å². The minimum atomic E-state index is -1.06. The molecule has 6 nitrogen and oxygen atoms in total. The SMILES string of the molecule is O=C(O)c1ccc(Cl)c(-c2ccc(/C=C3\SC(=NCc4ccccc4)N(Cc4ccccc4)C3=O)o2)c1. The summed E-state index contributed by atoms with van der Waals surface area (Å²) in [5, 5.41) is 10.3. The number of halogens is 1. The second-order valence-corrected chi connectivity index (χ2v) is 9.69. The Kier molecular flexibility index (Phi) is 7.25. The Balaban J connectivity index is 1.44. The molecule has 0 atom stereocenters. The van der Waals surface area contributed by atoms with Crippen LogP contribution in [0.25, 0.3) is 17.4 Å². The molecule has 184 valence electrons. The van der Waals surface area contributed by atoms with Crippen LogP contribution in [-0.4, -0.2) is 27.1 Å². The van der Waals surface area contributed by atoms with E-state index in [4.69, 9.17) is 21.0 Å². The van der Waals surface area contributed by atoms with Crippen molar-refractivity contribution >= 4 is 46.5 Å². The number of thioether (sulfide) groups is 1. The van der Waals surface area contributed by atoms with Gasteiger partial charge in [0.15, 0.2) is 5.17 Å². The number of rotatable bonds is 7. The summed E-state index contributed by atoms with van der Waals surface area (Å²) in [6.07, 6.45) is 1.68. The summed E-state index contributed by atoms with van der Waals surface area (Å²) in [5.41, 5.74) is 2.62. The summed E-state index contributed by atoms with van der Waals surface area (Å²) in [4.78, 5) is 31.7. The molecule has 0 spiro atoms. The van der Waals surface area contributed by atoms with Crippen LogP contribution < -0.4 is 0 Å². The molecule has 1 aliphatic rings. The highest BCUT2D eigenvalue weighted by Crippen LogP contribution is 2.36. The van der Waals surface area contributed by atoms with Crippen LogP contribution >= 0.6 is 23.4 Å². The molecule has 1 amide bonds. The first-order valence-corrected chi connectivity index (χ1v) is 12.6. The number of nitrogens with zero attached hydrogens (tertiary/aromatic N) is 2. The van der Waals surface area contributed by atoms with Gasteiger partial charge >= 0.3 is 5.97 Å². The van der Waals surface area contributed by atoms with E-state index in [0.29, 0.717) is 45.3 Å². The van der Waals surface area contributed by atoms with Gasteiger partial charge in [0, 0.05) is 11.6 Å². The smallest absolute Gasteiger partial charge is 0.335 e. The number of aliphatic imine (C=N–C) groups is 1. The molecule has 0 aliphatic carbocycles. The fourth-order valence-electron chi connectivity index (χ4n) is 3.83. The average Bonchev–Trinajstić information content (AvgIpc) is 3.49. The number of furan rings is 1. The molecule has 3 aromatic carbocycles. The molecule has 8 heteroatoms. The number of carbonyl (C=O) groups is 2. The van der Waals surface area contributed by atoms with Gasteiger partial charge in [-0.05, 0) is 53.2 Å². The van der Waals surface area contributed by atoms with Crippen LogP contribution in [0.3, 0.4) is 0 Å². The number of aromatic carboxylic acids is 1. The summed E-state index contributed by atoms with van der Waals surface area (Å²) in [7, 11) is 0. The van der Waals surface area contributed by atoms with E-state index >= 15 is 0 Å². The maximum Gasteiger partial charge on any atom is 0.335 e. The highest BCUT2D eigenvalue weighted by molar-refractivity contribution is 8.18. The first-order chi connectivity index (χ1) is 18.0. The molecule has 1 aromatic heterocycles. The van der Waals surface area contributed by atoms with Crippen LogP contribution in [0.5, 0.6) is 0 Å². The zero-order valence-corrected chi connectivity index (χ0v) is 21.1. The lowest BCUT2D eigenvalue weighted by molar-refractivity contribution is -0.122. The van der Waals surface area contributed by atoms with Crippen LogP contribution in [0.4, 0.5) is 0 Å². The van der Waals surface area contributed by atoms with Gasteiger partial charge in [0.2, 0.25) is 0 Å². The van der Waals surface area contributed by atoms with Crippen molar-refractivity contribution in [2.24, 2.45) is 4.99 Å². The molecule has 0 radical (unpaired) electrons. The number of carbonyl (C=O) groups excluding carboxylic acids is 1. The van der Waals surface area contributed by atoms with E-state index in [1.807, 2.05) is 60.7 Å². The fourth-order valence-corrected chi connectivity index (χ4v) is 4.99. The van der Waals surface area contributed by atoms with Crippen molar-refractivity contribution in [1.29, 1.82) is 0 Å². The Hall–Kier alpha value is -4.07. The van der Waals surface area contributed by atoms with Gasteiger partial charge in [-0.3, -0.25) is 14.7 Å². The summed E-state index contributed by atoms with van der Waals surface area (Å²) < 4.78 is 5.94. The standard InChI is InChI=1S/C29H21ClN2O4S/c30-24-13-11-21(28(34)35)15-23(24)25-14-12-22(36-25)16-26-27(33)32(18-20-9-5-2-6-10-20)29(37-26)31-17-19-7-3-1-4-8-19/h1-16H,17-18H2,(H,34,35)/b26-16-,31-29?. The van der Waals surface area contributed by atoms with E-state index in [-0.39, 0.29) is 11.5 Å². The lowest BCUT2D eigenvalue weighted by Crippen LogP contribution is -2.28. The number of amidine groups is 1. The summed E-state index contributed by atoms with van der Waals surface area (Å²) in [6, 6.07) is 27.5. The number of hydrogen-bond acceptors (Lipinski definition) is 5. The number of carboxylic acid groups (broad SMARTS) is 1. The maximum atomic E-state index is 13.4. The fraction of sp³-hybridized carbons (Fsp3) is 0.0690. The maximum absolute atomic E-state index is 13.4. The van der Waals surface area contributed by atoms with Crippen molar-refractivity contribution in [3.05, 3.63) is 123 Å². The molecule has 0 saturated carbocycles. The largest absolute Gasteiger partial charge is 0.478 e. The number of amides is 1. The molecule has 1 N–H and O–H groups in total. The van der Waals surface area contributed by atoms with E-state index in [2.05, 4.69) is 0 Å². The minimum Gasteiger partial charge on any atom is -0.478 e. The summed E-state index contributed by atoms with van der Waals surface area (Å²) in [5.74, 6) is -0.355. The van der Waals surface area contributed by atoms with Gasteiger partial charge in [0.05, 0.1) is 28.6 Å². The molecule has 1 saturated heterocycles. The van der Waals surface area contributed by atoms with Gasteiger partial charge in [-0.25, -0.2) is 4.79 Å². The van der Waals surface area contributed by atoms with E-state index in [1.165, 1.54) is 30.0 Å². The first kappa shape index (κ1) is 24.6. The van der Waals surface area contributed by atoms with E-state index in [9.17, 15) is 14.7 Å². The predicted molar refractivity (Wildman–Crippen MR) is 146 cm³/mol. The van der Waals surface area contributed by atoms with Crippen molar-refractivity contribution in [3.63, 3.8) is 0 Å². The second-order valence-electron chi connectivity index (χ2n) is 8.27. The molecule has 37 heavy (non-hydrogen) atoms. The third-order valence-corrected chi connectivity index (χ3v) is 7.06. The van der Waals surface area contributed by atoms with Crippen molar-refractivity contribution < 1.29 is 19.1 Å². The molecule has 5 rings (SSSR count). The average molecular weight is 529 g/mol.